The monoisotopic (exact) mass is 295 g/mol. The van der Waals surface area contributed by atoms with Crippen LogP contribution in [0.3, 0.4) is 0 Å². The summed E-state index contributed by atoms with van der Waals surface area (Å²) in [5.41, 5.74) is 6.56. The number of aryl methyl sites for hydroxylation is 1. The average molecular weight is 296 g/mol. The molecule has 7 heteroatoms. The van der Waals surface area contributed by atoms with E-state index in [4.69, 9.17) is 10.9 Å². The largest absolute Gasteiger partial charge is 0.409 e. The molecule has 0 bridgehead atoms. The Bertz CT molecular complexity index is 578. The quantitative estimate of drug-likeness (QED) is 0.380. The van der Waals surface area contributed by atoms with Crippen LogP contribution in [0.15, 0.2) is 34.3 Å². The molecule has 0 saturated heterocycles. The predicted molar refractivity (Wildman–Crippen MR) is 66.3 cm³/mol. The summed E-state index contributed by atoms with van der Waals surface area (Å²) in [5, 5.41) is 11.6. The second-order valence-electron chi connectivity index (χ2n) is 3.40. The lowest BCUT2D eigenvalue weighted by Crippen LogP contribution is -2.19. The fraction of sp³-hybridized carbons (Fsp3) is 0.100. The second-order valence-corrected chi connectivity index (χ2v) is 4.25. The molecule has 0 saturated carbocycles. The number of imidazole rings is 1. The Morgan fingerprint density at radius 1 is 1.53 bits per heavy atom. The van der Waals surface area contributed by atoms with E-state index >= 15 is 0 Å². The van der Waals surface area contributed by atoms with Crippen LogP contribution in [0.2, 0.25) is 0 Å². The molecule has 0 spiro atoms. The minimum Gasteiger partial charge on any atom is -0.409 e. The Balaban J connectivity index is 2.54. The highest BCUT2D eigenvalue weighted by molar-refractivity contribution is 9.10. The van der Waals surface area contributed by atoms with Crippen LogP contribution < -0.4 is 5.73 Å². The molecule has 17 heavy (non-hydrogen) atoms. The minimum absolute atomic E-state index is 0.0580. The SMILES string of the molecule is Cc1cc(-n2ccnc2/C(N)=N/O)ncc1Br. The summed E-state index contributed by atoms with van der Waals surface area (Å²) in [5.74, 6) is 0.948. The minimum atomic E-state index is -0.0580. The molecule has 0 amide bonds. The zero-order valence-electron chi connectivity index (χ0n) is 9.00. The van der Waals surface area contributed by atoms with Crippen LogP contribution in [0.5, 0.6) is 0 Å². The fourth-order valence-electron chi connectivity index (χ4n) is 1.38. The number of oxime groups is 1. The maximum atomic E-state index is 8.66. The van der Waals surface area contributed by atoms with E-state index in [2.05, 4.69) is 31.1 Å². The molecule has 0 radical (unpaired) electrons. The van der Waals surface area contributed by atoms with Gasteiger partial charge in [-0.25, -0.2) is 9.97 Å². The maximum absolute atomic E-state index is 8.66. The molecule has 0 fully saturated rings. The average Bonchev–Trinajstić information content (AvgIpc) is 2.80. The van der Waals surface area contributed by atoms with E-state index in [1.54, 1.807) is 23.2 Å². The van der Waals surface area contributed by atoms with E-state index in [1.165, 1.54) is 0 Å². The number of aromatic nitrogens is 3. The maximum Gasteiger partial charge on any atom is 0.206 e. The molecule has 88 valence electrons. The number of pyridine rings is 1. The highest BCUT2D eigenvalue weighted by Gasteiger charge is 2.10. The summed E-state index contributed by atoms with van der Waals surface area (Å²) in [4.78, 5) is 8.25. The van der Waals surface area contributed by atoms with Crippen molar-refractivity contribution in [1.82, 2.24) is 14.5 Å². The summed E-state index contributed by atoms with van der Waals surface area (Å²) in [7, 11) is 0. The van der Waals surface area contributed by atoms with Crippen molar-refractivity contribution in [3.63, 3.8) is 0 Å². The third kappa shape index (κ3) is 2.14. The molecular formula is C10H10BrN5O. The van der Waals surface area contributed by atoms with E-state index in [0.717, 1.165) is 10.0 Å². The van der Waals surface area contributed by atoms with Crippen molar-refractivity contribution in [1.29, 1.82) is 0 Å². The van der Waals surface area contributed by atoms with Gasteiger partial charge in [0.2, 0.25) is 5.84 Å². The highest BCUT2D eigenvalue weighted by Crippen LogP contribution is 2.17. The Hall–Kier alpha value is -1.89. The van der Waals surface area contributed by atoms with Crippen molar-refractivity contribution in [2.75, 3.05) is 0 Å². The Morgan fingerprint density at radius 2 is 2.29 bits per heavy atom. The Labute approximate surface area is 106 Å². The molecule has 0 aromatic carbocycles. The summed E-state index contributed by atoms with van der Waals surface area (Å²) in [6.07, 6.45) is 4.95. The molecular weight excluding hydrogens is 286 g/mol. The van der Waals surface area contributed by atoms with Gasteiger partial charge >= 0.3 is 0 Å². The van der Waals surface area contributed by atoms with Crippen molar-refractivity contribution in [3.05, 3.63) is 40.5 Å². The van der Waals surface area contributed by atoms with Gasteiger partial charge in [-0.15, -0.1) is 0 Å². The van der Waals surface area contributed by atoms with Gasteiger partial charge < -0.3 is 10.9 Å². The smallest absolute Gasteiger partial charge is 0.206 e. The molecule has 0 aliphatic heterocycles. The van der Waals surface area contributed by atoms with Gasteiger partial charge in [-0.1, -0.05) is 5.16 Å². The Kier molecular flexibility index (Phi) is 3.10. The molecule has 0 unspecified atom stereocenters. The number of nitrogens with zero attached hydrogens (tertiary/aromatic N) is 4. The van der Waals surface area contributed by atoms with Gasteiger partial charge in [-0.05, 0) is 34.5 Å². The van der Waals surface area contributed by atoms with Crippen LogP contribution in [0.1, 0.15) is 11.4 Å². The van der Waals surface area contributed by atoms with Crippen LogP contribution in [-0.2, 0) is 0 Å². The van der Waals surface area contributed by atoms with Crippen molar-refractivity contribution in [3.8, 4) is 5.82 Å². The summed E-state index contributed by atoms with van der Waals surface area (Å²) in [6, 6.07) is 1.87. The number of hydrogen-bond acceptors (Lipinski definition) is 4. The first kappa shape index (κ1) is 11.6. The zero-order valence-corrected chi connectivity index (χ0v) is 10.6. The van der Waals surface area contributed by atoms with Crippen molar-refractivity contribution < 1.29 is 5.21 Å². The van der Waals surface area contributed by atoms with Crippen LogP contribution in [0.25, 0.3) is 5.82 Å². The molecule has 2 heterocycles. The number of rotatable bonds is 2. The van der Waals surface area contributed by atoms with Gasteiger partial charge in [-0.3, -0.25) is 4.57 Å². The third-order valence-electron chi connectivity index (χ3n) is 2.26. The van der Waals surface area contributed by atoms with E-state index in [9.17, 15) is 0 Å². The second kappa shape index (κ2) is 4.54. The zero-order chi connectivity index (χ0) is 12.4. The van der Waals surface area contributed by atoms with Gasteiger partial charge in [-0.2, -0.15) is 0 Å². The molecule has 0 atom stereocenters. The van der Waals surface area contributed by atoms with E-state index in [-0.39, 0.29) is 5.84 Å². The molecule has 2 aromatic rings. The standard InChI is InChI=1S/C10H10BrN5O/c1-6-4-8(14-5-7(6)11)16-3-2-13-10(16)9(12)15-17/h2-5,17H,1H3,(H2,12,15). The van der Waals surface area contributed by atoms with Gasteiger partial charge in [0.1, 0.15) is 5.82 Å². The van der Waals surface area contributed by atoms with Gasteiger partial charge in [0.25, 0.3) is 0 Å². The van der Waals surface area contributed by atoms with Crippen LogP contribution in [0, 0.1) is 6.92 Å². The summed E-state index contributed by atoms with van der Waals surface area (Å²) < 4.78 is 2.57. The highest BCUT2D eigenvalue weighted by atomic mass is 79.9. The molecule has 2 rings (SSSR count). The lowest BCUT2D eigenvalue weighted by Gasteiger charge is -2.07. The van der Waals surface area contributed by atoms with Crippen molar-refractivity contribution >= 4 is 21.8 Å². The molecule has 3 N–H and O–H groups in total. The number of hydrogen-bond donors (Lipinski definition) is 2. The number of nitrogens with two attached hydrogens (primary N) is 1. The number of halogens is 1. The van der Waals surface area contributed by atoms with Crippen LogP contribution in [0.4, 0.5) is 0 Å². The van der Waals surface area contributed by atoms with Crippen LogP contribution in [-0.4, -0.2) is 25.6 Å². The van der Waals surface area contributed by atoms with E-state index in [0.29, 0.717) is 11.6 Å². The Morgan fingerprint density at radius 3 is 2.94 bits per heavy atom. The molecule has 6 nitrogen and oxygen atoms in total. The molecule has 0 aliphatic rings. The van der Waals surface area contributed by atoms with Gasteiger partial charge in [0.15, 0.2) is 5.82 Å². The topological polar surface area (TPSA) is 89.3 Å². The van der Waals surface area contributed by atoms with Gasteiger partial charge in [0, 0.05) is 23.1 Å². The van der Waals surface area contributed by atoms with Gasteiger partial charge in [0.05, 0.1) is 0 Å². The van der Waals surface area contributed by atoms with Crippen LogP contribution >= 0.6 is 15.9 Å². The first-order valence-electron chi connectivity index (χ1n) is 4.77. The molecule has 0 aliphatic carbocycles. The van der Waals surface area contributed by atoms with E-state index < -0.39 is 0 Å². The van der Waals surface area contributed by atoms with Crippen molar-refractivity contribution in [2.24, 2.45) is 10.9 Å². The number of amidine groups is 1. The molecule has 2 aromatic heterocycles. The summed E-state index contributed by atoms with van der Waals surface area (Å²) >= 11 is 3.38. The van der Waals surface area contributed by atoms with Crippen molar-refractivity contribution in [2.45, 2.75) is 6.92 Å². The third-order valence-corrected chi connectivity index (χ3v) is 3.09. The lowest BCUT2D eigenvalue weighted by molar-refractivity contribution is 0.318. The fourth-order valence-corrected chi connectivity index (χ4v) is 1.60. The first-order chi connectivity index (χ1) is 8.13. The lowest BCUT2D eigenvalue weighted by atomic mass is 10.3. The first-order valence-corrected chi connectivity index (χ1v) is 5.56. The predicted octanol–water partition coefficient (Wildman–Crippen LogP) is 1.43. The summed E-state index contributed by atoms with van der Waals surface area (Å²) in [6.45, 7) is 1.95. The normalized spacial score (nSPS) is 11.8. The van der Waals surface area contributed by atoms with E-state index in [1.807, 2.05) is 13.0 Å².